The van der Waals surface area contributed by atoms with E-state index >= 15 is 0 Å². The van der Waals surface area contributed by atoms with Crippen molar-refractivity contribution in [2.45, 2.75) is 25.9 Å². The molecular formula is C16H14ClNO3. The number of esters is 1. The third-order valence-electron chi connectivity index (χ3n) is 2.85. The fraction of sp³-hybridized carbons (Fsp3) is 0.250. The second-order valence-corrected chi connectivity index (χ2v) is 4.84. The van der Waals surface area contributed by atoms with Crippen LogP contribution in [0.3, 0.4) is 0 Å². The fourth-order valence-electron chi connectivity index (χ4n) is 1.84. The summed E-state index contributed by atoms with van der Waals surface area (Å²) in [5.74, 6) is 0.402. The first-order valence-corrected chi connectivity index (χ1v) is 6.97. The molecule has 1 aromatic carbocycles. The van der Waals surface area contributed by atoms with Gasteiger partial charge in [0.2, 0.25) is 6.10 Å². The largest absolute Gasteiger partial charge is 0.456 e. The molecule has 108 valence electrons. The van der Waals surface area contributed by atoms with Gasteiger partial charge in [0, 0.05) is 12.0 Å². The highest BCUT2D eigenvalue weighted by Crippen LogP contribution is 2.31. The van der Waals surface area contributed by atoms with Gasteiger partial charge < -0.3 is 9.15 Å². The Hall–Kier alpha value is -2.25. The van der Waals surface area contributed by atoms with Crippen molar-refractivity contribution in [3.05, 3.63) is 47.2 Å². The van der Waals surface area contributed by atoms with E-state index in [9.17, 15) is 4.79 Å². The van der Waals surface area contributed by atoms with Crippen LogP contribution in [0.4, 0.5) is 0 Å². The van der Waals surface area contributed by atoms with Crippen molar-refractivity contribution in [1.82, 2.24) is 0 Å². The summed E-state index contributed by atoms with van der Waals surface area (Å²) in [5.41, 5.74) is 0.724. The number of carbonyl (C=O) groups excluding carboxylic acids is 1. The molecule has 0 saturated heterocycles. The Morgan fingerprint density at radius 2 is 2.14 bits per heavy atom. The normalized spacial score (nSPS) is 11.7. The van der Waals surface area contributed by atoms with Crippen LogP contribution < -0.4 is 0 Å². The molecule has 0 N–H and O–H groups in total. The number of ether oxygens (including phenoxy) is 1. The Morgan fingerprint density at radius 3 is 2.81 bits per heavy atom. The molecule has 0 unspecified atom stereocenters. The molecule has 21 heavy (non-hydrogen) atoms. The van der Waals surface area contributed by atoms with Gasteiger partial charge in [-0.1, -0.05) is 30.7 Å². The Bertz CT molecular complexity index is 672. The van der Waals surface area contributed by atoms with Gasteiger partial charge in [0.15, 0.2) is 5.76 Å². The lowest BCUT2D eigenvalue weighted by atomic mass is 10.2. The topological polar surface area (TPSA) is 63.2 Å². The third-order valence-corrected chi connectivity index (χ3v) is 3.17. The minimum absolute atomic E-state index is 0.274. The standard InChI is InChI=1S/C16H14ClNO3/c1-2-5-16(19)21-15(10-18)14-9-8-13(20-14)11-6-3-4-7-12(11)17/h3-4,6-9,15H,2,5H2,1H3/t15-/m1/s1. The van der Waals surface area contributed by atoms with Gasteiger partial charge in [-0.25, -0.2) is 0 Å². The van der Waals surface area contributed by atoms with Crippen LogP contribution in [0.25, 0.3) is 11.3 Å². The maximum Gasteiger partial charge on any atom is 0.307 e. The molecule has 2 rings (SSSR count). The molecule has 0 radical (unpaired) electrons. The van der Waals surface area contributed by atoms with E-state index in [0.29, 0.717) is 17.2 Å². The van der Waals surface area contributed by atoms with Crippen LogP contribution in [0.1, 0.15) is 31.6 Å². The lowest BCUT2D eigenvalue weighted by molar-refractivity contribution is -0.147. The number of nitriles is 1. The molecule has 1 heterocycles. The molecule has 0 aliphatic carbocycles. The Balaban J connectivity index is 2.21. The number of carbonyl (C=O) groups is 1. The van der Waals surface area contributed by atoms with E-state index in [1.807, 2.05) is 31.2 Å². The average Bonchev–Trinajstić information content (AvgIpc) is 2.95. The van der Waals surface area contributed by atoms with Crippen LogP contribution in [0.2, 0.25) is 5.02 Å². The van der Waals surface area contributed by atoms with Gasteiger partial charge >= 0.3 is 5.97 Å². The van der Waals surface area contributed by atoms with Crippen molar-refractivity contribution in [3.63, 3.8) is 0 Å². The van der Waals surface area contributed by atoms with Crippen molar-refractivity contribution in [2.75, 3.05) is 0 Å². The Labute approximate surface area is 127 Å². The smallest absolute Gasteiger partial charge is 0.307 e. The molecule has 0 saturated carbocycles. The molecule has 0 fully saturated rings. The molecule has 0 aliphatic rings. The summed E-state index contributed by atoms with van der Waals surface area (Å²) in [7, 11) is 0. The van der Waals surface area contributed by atoms with Crippen LogP contribution in [-0.4, -0.2) is 5.97 Å². The van der Waals surface area contributed by atoms with E-state index in [2.05, 4.69) is 0 Å². The summed E-state index contributed by atoms with van der Waals surface area (Å²) < 4.78 is 10.7. The lowest BCUT2D eigenvalue weighted by Crippen LogP contribution is -2.08. The summed E-state index contributed by atoms with van der Waals surface area (Å²) in [4.78, 5) is 11.5. The molecule has 1 atom stereocenters. The summed E-state index contributed by atoms with van der Waals surface area (Å²) in [6.07, 6.45) is -0.101. The first-order valence-electron chi connectivity index (χ1n) is 6.59. The maximum absolute atomic E-state index is 11.5. The van der Waals surface area contributed by atoms with E-state index in [0.717, 1.165) is 5.56 Å². The molecular weight excluding hydrogens is 290 g/mol. The van der Waals surface area contributed by atoms with Gasteiger partial charge in [-0.15, -0.1) is 0 Å². The lowest BCUT2D eigenvalue weighted by Gasteiger charge is -2.08. The van der Waals surface area contributed by atoms with Gasteiger partial charge in [0.1, 0.15) is 11.8 Å². The minimum Gasteiger partial charge on any atom is -0.456 e. The number of furan rings is 1. The molecule has 0 spiro atoms. The van der Waals surface area contributed by atoms with Crippen LogP contribution in [-0.2, 0) is 9.53 Å². The highest BCUT2D eigenvalue weighted by atomic mass is 35.5. The van der Waals surface area contributed by atoms with Crippen molar-refractivity contribution in [3.8, 4) is 17.4 Å². The summed E-state index contributed by atoms with van der Waals surface area (Å²) >= 11 is 6.10. The van der Waals surface area contributed by atoms with Gasteiger partial charge in [0.05, 0.1) is 5.02 Å². The molecule has 0 bridgehead atoms. The summed E-state index contributed by atoms with van der Waals surface area (Å²) in [6, 6.07) is 12.5. The second-order valence-electron chi connectivity index (χ2n) is 4.43. The molecule has 5 heteroatoms. The van der Waals surface area contributed by atoms with Crippen molar-refractivity contribution < 1.29 is 13.9 Å². The Morgan fingerprint density at radius 1 is 1.38 bits per heavy atom. The molecule has 1 aromatic heterocycles. The molecule has 0 amide bonds. The first kappa shape index (κ1) is 15.1. The van der Waals surface area contributed by atoms with Crippen molar-refractivity contribution >= 4 is 17.6 Å². The number of nitrogens with zero attached hydrogens (tertiary/aromatic N) is 1. The molecule has 2 aromatic rings. The SMILES string of the molecule is CCCC(=O)O[C@H](C#N)c1ccc(-c2ccccc2Cl)o1. The minimum atomic E-state index is -1.04. The number of halogens is 1. The van der Waals surface area contributed by atoms with Gasteiger partial charge in [-0.05, 0) is 30.7 Å². The fourth-order valence-corrected chi connectivity index (χ4v) is 2.07. The predicted octanol–water partition coefficient (Wildman–Crippen LogP) is 4.51. The maximum atomic E-state index is 11.5. The zero-order valence-electron chi connectivity index (χ0n) is 11.5. The van der Waals surface area contributed by atoms with Crippen molar-refractivity contribution in [2.24, 2.45) is 0 Å². The van der Waals surface area contributed by atoms with E-state index in [1.165, 1.54) is 0 Å². The van der Waals surface area contributed by atoms with Crippen LogP contribution in [0.5, 0.6) is 0 Å². The monoisotopic (exact) mass is 303 g/mol. The zero-order valence-corrected chi connectivity index (χ0v) is 12.3. The van der Waals surface area contributed by atoms with Crippen LogP contribution in [0, 0.1) is 11.3 Å². The van der Waals surface area contributed by atoms with Crippen LogP contribution in [0.15, 0.2) is 40.8 Å². The third kappa shape index (κ3) is 3.65. The molecule has 4 nitrogen and oxygen atoms in total. The quantitative estimate of drug-likeness (QED) is 0.762. The van der Waals surface area contributed by atoms with E-state index in [1.54, 1.807) is 18.2 Å². The highest BCUT2D eigenvalue weighted by Gasteiger charge is 2.20. The van der Waals surface area contributed by atoms with Gasteiger partial charge in [-0.2, -0.15) is 5.26 Å². The number of hydrogen-bond acceptors (Lipinski definition) is 4. The number of hydrogen-bond donors (Lipinski definition) is 0. The van der Waals surface area contributed by atoms with E-state index in [-0.39, 0.29) is 12.2 Å². The van der Waals surface area contributed by atoms with Gasteiger partial charge in [0.25, 0.3) is 0 Å². The molecule has 0 aliphatic heterocycles. The summed E-state index contributed by atoms with van der Waals surface area (Å²) in [6.45, 7) is 1.87. The zero-order chi connectivity index (χ0) is 15.2. The summed E-state index contributed by atoms with van der Waals surface area (Å²) in [5, 5.41) is 9.67. The predicted molar refractivity (Wildman–Crippen MR) is 78.5 cm³/mol. The van der Waals surface area contributed by atoms with Crippen LogP contribution >= 0.6 is 11.6 Å². The number of rotatable bonds is 5. The highest BCUT2D eigenvalue weighted by molar-refractivity contribution is 6.33. The average molecular weight is 304 g/mol. The van der Waals surface area contributed by atoms with E-state index < -0.39 is 12.1 Å². The number of benzene rings is 1. The van der Waals surface area contributed by atoms with Crippen molar-refractivity contribution in [1.29, 1.82) is 5.26 Å². The Kier molecular flexibility index (Phi) is 5.02. The van der Waals surface area contributed by atoms with E-state index in [4.69, 9.17) is 26.0 Å². The first-order chi connectivity index (χ1) is 10.2. The van der Waals surface area contributed by atoms with Gasteiger partial charge in [-0.3, -0.25) is 4.79 Å². The second kappa shape index (κ2) is 6.96.